The maximum atomic E-state index is 14.8. The van der Waals surface area contributed by atoms with Gasteiger partial charge < -0.3 is 14.4 Å². The third-order valence-electron chi connectivity index (χ3n) is 3.67. The lowest BCUT2D eigenvalue weighted by molar-refractivity contribution is 0.0595. The highest BCUT2D eigenvalue weighted by atomic mass is 19.1. The molecule has 1 amide bonds. The van der Waals surface area contributed by atoms with Gasteiger partial charge in [0.2, 0.25) is 0 Å². The molecule has 5 nitrogen and oxygen atoms in total. The topological polar surface area (TPSA) is 55.8 Å². The first-order valence-electron chi connectivity index (χ1n) is 8.01. The summed E-state index contributed by atoms with van der Waals surface area (Å²) in [6.45, 7) is 2.46. The number of ether oxygens (including phenoxy) is 2. The van der Waals surface area contributed by atoms with Gasteiger partial charge in [0.15, 0.2) is 5.82 Å². The number of benzene rings is 2. The minimum atomic E-state index is -0.869. The van der Waals surface area contributed by atoms with Crippen molar-refractivity contribution in [1.29, 1.82) is 0 Å². The third kappa shape index (κ3) is 4.43. The molecule has 0 aromatic heterocycles. The number of amides is 1. The van der Waals surface area contributed by atoms with E-state index in [0.29, 0.717) is 6.61 Å². The van der Waals surface area contributed by atoms with Gasteiger partial charge in [0.25, 0.3) is 5.91 Å². The van der Waals surface area contributed by atoms with E-state index in [4.69, 9.17) is 4.74 Å². The molecule has 0 atom stereocenters. The maximum Gasteiger partial charge on any atom is 0.340 e. The highest BCUT2D eigenvalue weighted by molar-refractivity contribution is 6.06. The average Bonchev–Trinajstić information content (AvgIpc) is 2.65. The Hall–Kier alpha value is -2.80. The molecular formula is C19H19F2NO4. The van der Waals surface area contributed by atoms with Crippen molar-refractivity contribution in [2.75, 3.05) is 31.8 Å². The number of hydrogen-bond donors (Lipinski definition) is 0. The van der Waals surface area contributed by atoms with Crippen molar-refractivity contribution in [1.82, 2.24) is 0 Å². The first-order valence-corrected chi connectivity index (χ1v) is 8.01. The SMILES string of the molecule is CCOCCN(C(=O)c1ccc(F)cc1)c1cccc(C(=O)OC)c1F. The summed E-state index contributed by atoms with van der Waals surface area (Å²) in [6.07, 6.45) is 0. The summed E-state index contributed by atoms with van der Waals surface area (Å²) in [6, 6.07) is 9.03. The number of rotatable bonds is 7. The summed E-state index contributed by atoms with van der Waals surface area (Å²) in [5.74, 6) is -2.73. The van der Waals surface area contributed by atoms with Crippen molar-refractivity contribution in [3.05, 3.63) is 65.2 Å². The fourth-order valence-corrected chi connectivity index (χ4v) is 2.38. The van der Waals surface area contributed by atoms with Gasteiger partial charge in [-0.25, -0.2) is 13.6 Å². The first kappa shape index (κ1) is 19.5. The molecule has 0 aliphatic carbocycles. The lowest BCUT2D eigenvalue weighted by atomic mass is 10.1. The quantitative estimate of drug-likeness (QED) is 0.559. The van der Waals surface area contributed by atoms with Gasteiger partial charge in [-0.2, -0.15) is 0 Å². The van der Waals surface area contributed by atoms with Crippen molar-refractivity contribution >= 4 is 17.6 Å². The van der Waals surface area contributed by atoms with Crippen molar-refractivity contribution in [2.45, 2.75) is 6.92 Å². The fourth-order valence-electron chi connectivity index (χ4n) is 2.38. The number of methoxy groups -OCH3 is 1. The molecule has 0 fully saturated rings. The molecular weight excluding hydrogens is 344 g/mol. The van der Waals surface area contributed by atoms with Gasteiger partial charge in [-0.15, -0.1) is 0 Å². The molecule has 0 radical (unpaired) electrons. The summed E-state index contributed by atoms with van der Waals surface area (Å²) in [4.78, 5) is 25.7. The predicted octanol–water partition coefficient (Wildman–Crippen LogP) is 3.43. The molecule has 0 spiro atoms. The molecule has 2 aromatic carbocycles. The van der Waals surface area contributed by atoms with E-state index in [1.807, 2.05) is 0 Å². The monoisotopic (exact) mass is 363 g/mol. The zero-order chi connectivity index (χ0) is 19.1. The number of hydrogen-bond acceptors (Lipinski definition) is 4. The van der Waals surface area contributed by atoms with E-state index in [1.165, 1.54) is 30.3 Å². The standard InChI is InChI=1S/C19H19F2NO4/c1-3-26-12-11-22(18(23)13-7-9-14(20)10-8-13)16-6-4-5-15(17(16)21)19(24)25-2/h4-10H,3,11-12H2,1-2H3. The van der Waals surface area contributed by atoms with E-state index < -0.39 is 23.5 Å². The van der Waals surface area contributed by atoms with Crippen LogP contribution in [-0.4, -0.2) is 38.7 Å². The van der Waals surface area contributed by atoms with Crippen LogP contribution in [0, 0.1) is 11.6 Å². The van der Waals surface area contributed by atoms with E-state index in [0.717, 1.165) is 24.1 Å². The molecule has 2 rings (SSSR count). The molecule has 0 unspecified atom stereocenters. The zero-order valence-corrected chi connectivity index (χ0v) is 14.5. The summed E-state index contributed by atoms with van der Waals surface area (Å²) < 4.78 is 37.7. The highest BCUT2D eigenvalue weighted by Crippen LogP contribution is 2.25. The second kappa shape index (κ2) is 9.05. The second-order valence-electron chi connectivity index (χ2n) is 5.29. The van der Waals surface area contributed by atoms with Gasteiger partial charge in [-0.3, -0.25) is 4.79 Å². The number of anilines is 1. The molecule has 26 heavy (non-hydrogen) atoms. The van der Waals surface area contributed by atoms with Crippen LogP contribution in [-0.2, 0) is 9.47 Å². The molecule has 0 heterocycles. The van der Waals surface area contributed by atoms with Crippen LogP contribution >= 0.6 is 0 Å². The Morgan fingerprint density at radius 2 is 1.77 bits per heavy atom. The van der Waals surface area contributed by atoms with Gasteiger partial charge in [0.05, 0.1) is 25.0 Å². The normalized spacial score (nSPS) is 10.5. The van der Waals surface area contributed by atoms with E-state index >= 15 is 0 Å². The van der Waals surface area contributed by atoms with E-state index in [1.54, 1.807) is 6.92 Å². The van der Waals surface area contributed by atoms with Crippen LogP contribution in [0.4, 0.5) is 14.5 Å². The summed E-state index contributed by atoms with van der Waals surface area (Å²) >= 11 is 0. The fraction of sp³-hybridized carbons (Fsp3) is 0.263. The number of carbonyl (C=O) groups is 2. The minimum absolute atomic E-state index is 0.0611. The van der Waals surface area contributed by atoms with Crippen LogP contribution in [0.15, 0.2) is 42.5 Å². The Bertz CT molecular complexity index is 778. The smallest absolute Gasteiger partial charge is 0.340 e. The molecule has 0 saturated heterocycles. The number of nitrogens with zero attached hydrogens (tertiary/aromatic N) is 1. The van der Waals surface area contributed by atoms with Crippen molar-refractivity contribution < 1.29 is 27.8 Å². The van der Waals surface area contributed by atoms with Crippen LogP contribution in [0.2, 0.25) is 0 Å². The molecule has 2 aromatic rings. The van der Waals surface area contributed by atoms with Gasteiger partial charge in [-0.05, 0) is 43.3 Å². The Morgan fingerprint density at radius 3 is 2.38 bits per heavy atom. The molecule has 0 saturated carbocycles. The first-order chi connectivity index (χ1) is 12.5. The van der Waals surface area contributed by atoms with Crippen molar-refractivity contribution in [2.24, 2.45) is 0 Å². The average molecular weight is 363 g/mol. The molecule has 0 bridgehead atoms. The van der Waals surface area contributed by atoms with Crippen LogP contribution in [0.5, 0.6) is 0 Å². The van der Waals surface area contributed by atoms with Crippen LogP contribution in [0.1, 0.15) is 27.6 Å². The lowest BCUT2D eigenvalue weighted by Crippen LogP contribution is -2.35. The Morgan fingerprint density at radius 1 is 1.08 bits per heavy atom. The largest absolute Gasteiger partial charge is 0.465 e. The number of halogens is 2. The maximum absolute atomic E-state index is 14.8. The molecule has 0 aliphatic heterocycles. The second-order valence-corrected chi connectivity index (χ2v) is 5.29. The van der Waals surface area contributed by atoms with E-state index in [2.05, 4.69) is 4.74 Å². The van der Waals surface area contributed by atoms with Gasteiger partial charge in [0, 0.05) is 18.7 Å². The van der Waals surface area contributed by atoms with E-state index in [-0.39, 0.29) is 30.0 Å². The molecule has 0 aliphatic rings. The van der Waals surface area contributed by atoms with Gasteiger partial charge in [0.1, 0.15) is 5.82 Å². The minimum Gasteiger partial charge on any atom is -0.465 e. The van der Waals surface area contributed by atoms with Crippen LogP contribution < -0.4 is 4.90 Å². The molecule has 138 valence electrons. The highest BCUT2D eigenvalue weighted by Gasteiger charge is 2.24. The molecule has 0 N–H and O–H groups in total. The number of carbonyl (C=O) groups excluding carboxylic acids is 2. The molecule has 7 heteroatoms. The zero-order valence-electron chi connectivity index (χ0n) is 14.5. The Kier molecular flexibility index (Phi) is 6.80. The Balaban J connectivity index is 2.43. The predicted molar refractivity (Wildman–Crippen MR) is 92.3 cm³/mol. The number of esters is 1. The van der Waals surface area contributed by atoms with Crippen molar-refractivity contribution in [3.63, 3.8) is 0 Å². The van der Waals surface area contributed by atoms with Gasteiger partial charge in [-0.1, -0.05) is 6.07 Å². The Labute approximate surface area is 150 Å². The third-order valence-corrected chi connectivity index (χ3v) is 3.67. The van der Waals surface area contributed by atoms with Gasteiger partial charge >= 0.3 is 5.97 Å². The van der Waals surface area contributed by atoms with Crippen molar-refractivity contribution in [3.8, 4) is 0 Å². The summed E-state index contributed by atoms with van der Waals surface area (Å²) in [5, 5.41) is 0. The summed E-state index contributed by atoms with van der Waals surface area (Å²) in [5.41, 5.74) is -0.175. The lowest BCUT2D eigenvalue weighted by Gasteiger charge is -2.24. The van der Waals surface area contributed by atoms with Crippen LogP contribution in [0.25, 0.3) is 0 Å². The summed E-state index contributed by atoms with van der Waals surface area (Å²) in [7, 11) is 1.14. The van der Waals surface area contributed by atoms with E-state index in [9.17, 15) is 18.4 Å². The van der Waals surface area contributed by atoms with Crippen LogP contribution in [0.3, 0.4) is 0 Å².